The van der Waals surface area contributed by atoms with Gasteiger partial charge in [0.25, 0.3) is 0 Å². The Labute approximate surface area is 135 Å². The van der Waals surface area contributed by atoms with E-state index in [4.69, 9.17) is 21.4 Å². The summed E-state index contributed by atoms with van der Waals surface area (Å²) in [4.78, 5) is 24.4. The van der Waals surface area contributed by atoms with Crippen molar-refractivity contribution in [2.24, 2.45) is 0 Å². The average molecular weight is 328 g/mol. The van der Waals surface area contributed by atoms with Gasteiger partial charge in [-0.1, -0.05) is 23.7 Å². The summed E-state index contributed by atoms with van der Waals surface area (Å²) in [7, 11) is 0. The van der Waals surface area contributed by atoms with Crippen molar-refractivity contribution in [1.29, 1.82) is 0 Å². The molecule has 0 bridgehead atoms. The lowest BCUT2D eigenvalue weighted by Gasteiger charge is -2.21. The van der Waals surface area contributed by atoms with Crippen molar-refractivity contribution >= 4 is 23.5 Å². The quantitative estimate of drug-likeness (QED) is 0.708. The topological polar surface area (TPSA) is 66.8 Å². The number of carbonyl (C=O) groups is 2. The van der Waals surface area contributed by atoms with Crippen LogP contribution in [0.25, 0.3) is 0 Å². The number of nitrogens with zero attached hydrogens (tertiary/aromatic N) is 1. The predicted molar refractivity (Wildman–Crippen MR) is 84.8 cm³/mol. The molecule has 1 N–H and O–H groups in total. The minimum Gasteiger partial charge on any atom is -0.480 e. The van der Waals surface area contributed by atoms with E-state index < -0.39 is 5.97 Å². The Hall–Kier alpha value is -1.59. The number of amides is 1. The highest BCUT2D eigenvalue weighted by Crippen LogP contribution is 2.12. The maximum atomic E-state index is 12.2. The molecule has 0 radical (unpaired) electrons. The highest BCUT2D eigenvalue weighted by atomic mass is 35.5. The molecule has 0 atom stereocenters. The average Bonchev–Trinajstić information content (AvgIpc) is 2.44. The van der Waals surface area contributed by atoms with E-state index >= 15 is 0 Å². The summed E-state index contributed by atoms with van der Waals surface area (Å²) in [6.07, 6.45) is 0.973. The Morgan fingerprint density at radius 1 is 1.27 bits per heavy atom. The van der Waals surface area contributed by atoms with Crippen LogP contribution in [0.15, 0.2) is 24.3 Å². The molecule has 22 heavy (non-hydrogen) atoms. The summed E-state index contributed by atoms with van der Waals surface area (Å²) in [5.41, 5.74) is 0.845. The number of hydrogen-bond donors (Lipinski definition) is 1. The molecule has 0 saturated heterocycles. The highest BCUT2D eigenvalue weighted by Gasteiger charge is 2.17. The van der Waals surface area contributed by atoms with Crippen molar-refractivity contribution in [1.82, 2.24) is 4.90 Å². The fourth-order valence-corrected chi connectivity index (χ4v) is 2.03. The van der Waals surface area contributed by atoms with Crippen molar-refractivity contribution in [3.8, 4) is 0 Å². The molecule has 0 aliphatic heterocycles. The van der Waals surface area contributed by atoms with Gasteiger partial charge in [-0.2, -0.15) is 0 Å². The van der Waals surface area contributed by atoms with Crippen molar-refractivity contribution in [3.05, 3.63) is 34.9 Å². The Morgan fingerprint density at radius 2 is 1.91 bits per heavy atom. The third-order valence-corrected chi connectivity index (χ3v) is 3.20. The summed E-state index contributed by atoms with van der Waals surface area (Å²) in [6, 6.07) is 7.01. The monoisotopic (exact) mass is 327 g/mol. The van der Waals surface area contributed by atoms with Gasteiger partial charge >= 0.3 is 5.97 Å². The van der Waals surface area contributed by atoms with E-state index in [0.29, 0.717) is 18.1 Å². The van der Waals surface area contributed by atoms with Crippen LogP contribution in [0.5, 0.6) is 0 Å². The molecule has 0 unspecified atom stereocenters. The third kappa shape index (κ3) is 7.43. The summed E-state index contributed by atoms with van der Waals surface area (Å²) in [6.45, 7) is 4.29. The van der Waals surface area contributed by atoms with Crippen LogP contribution in [0.2, 0.25) is 5.02 Å². The molecule has 0 saturated carbocycles. The standard InChI is InChI=1S/C16H22ClNO4/c1-12(2)22-9-3-4-15(19)18(11-16(20)21)10-13-5-7-14(17)8-6-13/h5-8,12H,3-4,9-11H2,1-2H3,(H,20,21). The Bertz CT molecular complexity index is 487. The van der Waals surface area contributed by atoms with Gasteiger partial charge in [0, 0.05) is 24.6 Å². The van der Waals surface area contributed by atoms with Crippen LogP contribution < -0.4 is 0 Å². The first-order valence-electron chi connectivity index (χ1n) is 7.24. The third-order valence-electron chi connectivity index (χ3n) is 2.95. The van der Waals surface area contributed by atoms with Gasteiger partial charge < -0.3 is 14.7 Å². The molecule has 1 aromatic rings. The molecule has 122 valence electrons. The first-order chi connectivity index (χ1) is 10.4. The maximum Gasteiger partial charge on any atom is 0.323 e. The van der Waals surface area contributed by atoms with Crippen LogP contribution >= 0.6 is 11.6 Å². The van der Waals surface area contributed by atoms with Crippen molar-refractivity contribution in [2.45, 2.75) is 39.3 Å². The van der Waals surface area contributed by atoms with E-state index in [-0.39, 0.29) is 31.5 Å². The number of carbonyl (C=O) groups excluding carboxylic acids is 1. The number of benzene rings is 1. The van der Waals surface area contributed by atoms with Crippen molar-refractivity contribution < 1.29 is 19.4 Å². The predicted octanol–water partition coefficient (Wildman–Crippen LogP) is 2.96. The van der Waals surface area contributed by atoms with Crippen LogP contribution in [-0.4, -0.2) is 41.1 Å². The summed E-state index contributed by atoms with van der Waals surface area (Å²) in [5, 5.41) is 9.56. The maximum absolute atomic E-state index is 12.2. The molecular formula is C16H22ClNO4. The number of ether oxygens (including phenoxy) is 1. The summed E-state index contributed by atoms with van der Waals surface area (Å²) in [5.74, 6) is -1.22. The molecule has 0 spiro atoms. The SMILES string of the molecule is CC(C)OCCCC(=O)N(CC(=O)O)Cc1ccc(Cl)cc1. The van der Waals surface area contributed by atoms with Crippen LogP contribution in [0.3, 0.4) is 0 Å². The first-order valence-corrected chi connectivity index (χ1v) is 7.62. The first kappa shape index (κ1) is 18.5. The van der Waals surface area contributed by atoms with Gasteiger partial charge in [-0.15, -0.1) is 0 Å². The van der Waals surface area contributed by atoms with E-state index in [1.54, 1.807) is 24.3 Å². The Kier molecular flexibility index (Phi) is 7.91. The molecule has 0 fully saturated rings. The lowest BCUT2D eigenvalue weighted by Crippen LogP contribution is -2.35. The van der Waals surface area contributed by atoms with Gasteiger partial charge in [0.1, 0.15) is 6.54 Å². The van der Waals surface area contributed by atoms with Gasteiger partial charge in [0.05, 0.1) is 6.10 Å². The highest BCUT2D eigenvalue weighted by molar-refractivity contribution is 6.30. The van der Waals surface area contributed by atoms with Crippen molar-refractivity contribution in [3.63, 3.8) is 0 Å². The molecule has 0 aromatic heterocycles. The van der Waals surface area contributed by atoms with Crippen LogP contribution in [0.1, 0.15) is 32.3 Å². The molecule has 1 amide bonds. The Morgan fingerprint density at radius 3 is 2.45 bits per heavy atom. The minimum atomic E-state index is -1.03. The molecule has 1 rings (SSSR count). The molecular weight excluding hydrogens is 306 g/mol. The van der Waals surface area contributed by atoms with Crippen molar-refractivity contribution in [2.75, 3.05) is 13.2 Å². The zero-order chi connectivity index (χ0) is 16.5. The fourth-order valence-electron chi connectivity index (χ4n) is 1.91. The molecule has 0 aliphatic rings. The number of halogens is 1. The number of aliphatic carboxylic acids is 1. The number of hydrogen-bond acceptors (Lipinski definition) is 3. The fraction of sp³-hybridized carbons (Fsp3) is 0.500. The molecule has 1 aromatic carbocycles. The number of rotatable bonds is 9. The molecule has 0 aliphatic carbocycles. The Balaban J connectivity index is 2.57. The minimum absolute atomic E-state index is 0.124. The second-order valence-electron chi connectivity index (χ2n) is 5.29. The molecule has 6 heteroatoms. The van der Waals surface area contributed by atoms with Crippen LogP contribution in [0.4, 0.5) is 0 Å². The zero-order valence-corrected chi connectivity index (χ0v) is 13.7. The molecule has 5 nitrogen and oxygen atoms in total. The summed E-state index contributed by atoms with van der Waals surface area (Å²) >= 11 is 5.82. The van der Waals surface area contributed by atoms with Gasteiger partial charge in [0.2, 0.25) is 5.91 Å². The van der Waals surface area contributed by atoms with E-state index in [1.807, 2.05) is 13.8 Å². The summed E-state index contributed by atoms with van der Waals surface area (Å²) < 4.78 is 5.38. The number of carboxylic acids is 1. The van der Waals surface area contributed by atoms with E-state index in [0.717, 1.165) is 5.56 Å². The molecule has 0 heterocycles. The van der Waals surface area contributed by atoms with Gasteiger partial charge in [-0.25, -0.2) is 0 Å². The second-order valence-corrected chi connectivity index (χ2v) is 5.73. The van der Waals surface area contributed by atoms with Crippen LogP contribution in [0, 0.1) is 0 Å². The van der Waals surface area contributed by atoms with Gasteiger partial charge in [0.15, 0.2) is 0 Å². The zero-order valence-electron chi connectivity index (χ0n) is 12.9. The van der Waals surface area contributed by atoms with E-state index in [9.17, 15) is 9.59 Å². The van der Waals surface area contributed by atoms with Gasteiger partial charge in [-0.05, 0) is 38.0 Å². The van der Waals surface area contributed by atoms with E-state index in [1.165, 1.54) is 4.90 Å². The second kappa shape index (κ2) is 9.43. The largest absolute Gasteiger partial charge is 0.480 e. The van der Waals surface area contributed by atoms with Crippen LogP contribution in [-0.2, 0) is 20.9 Å². The normalized spacial score (nSPS) is 10.7. The van der Waals surface area contributed by atoms with E-state index in [2.05, 4.69) is 0 Å². The van der Waals surface area contributed by atoms with Gasteiger partial charge in [-0.3, -0.25) is 9.59 Å². The lowest BCUT2D eigenvalue weighted by atomic mass is 10.2. The smallest absolute Gasteiger partial charge is 0.323 e. The lowest BCUT2D eigenvalue weighted by molar-refractivity contribution is -0.145. The number of carboxylic acid groups (broad SMARTS) is 1.